The lowest BCUT2D eigenvalue weighted by atomic mass is 10.00. The predicted octanol–water partition coefficient (Wildman–Crippen LogP) is 2.83. The molecule has 0 aromatic rings. The van der Waals surface area contributed by atoms with Crippen LogP contribution < -0.4 is 5.32 Å². The first kappa shape index (κ1) is 13.9. The van der Waals surface area contributed by atoms with Crippen LogP contribution in [0.3, 0.4) is 0 Å². The molecule has 0 fully saturated rings. The molecule has 0 bridgehead atoms. The van der Waals surface area contributed by atoms with E-state index >= 15 is 0 Å². The molecular formula is C12H27NO. The van der Waals surface area contributed by atoms with Gasteiger partial charge in [0.2, 0.25) is 0 Å². The Labute approximate surface area is 89.4 Å². The lowest BCUT2D eigenvalue weighted by Gasteiger charge is -2.25. The molecule has 1 N–H and O–H groups in total. The molecule has 86 valence electrons. The molecule has 0 radical (unpaired) electrons. The Morgan fingerprint density at radius 1 is 1.14 bits per heavy atom. The Morgan fingerprint density at radius 3 is 2.21 bits per heavy atom. The highest BCUT2D eigenvalue weighted by atomic mass is 16.5. The minimum Gasteiger partial charge on any atom is -0.377 e. The van der Waals surface area contributed by atoms with Gasteiger partial charge in [0.15, 0.2) is 0 Å². The maximum atomic E-state index is 5.66. The second kappa shape index (κ2) is 8.25. The maximum absolute atomic E-state index is 5.66. The topological polar surface area (TPSA) is 21.3 Å². The van der Waals surface area contributed by atoms with Crippen molar-refractivity contribution in [1.29, 1.82) is 0 Å². The molecule has 0 amide bonds. The van der Waals surface area contributed by atoms with Crippen molar-refractivity contribution in [2.24, 2.45) is 5.92 Å². The molecule has 2 heteroatoms. The highest BCUT2D eigenvalue weighted by molar-refractivity contribution is 4.72. The molecule has 0 aliphatic carbocycles. The van der Waals surface area contributed by atoms with Crippen LogP contribution in [0.1, 0.15) is 47.5 Å². The van der Waals surface area contributed by atoms with Gasteiger partial charge in [0.25, 0.3) is 0 Å². The van der Waals surface area contributed by atoms with Gasteiger partial charge in [-0.2, -0.15) is 0 Å². The summed E-state index contributed by atoms with van der Waals surface area (Å²) in [6, 6.07) is 0.516. The van der Waals surface area contributed by atoms with E-state index in [2.05, 4.69) is 39.9 Å². The summed E-state index contributed by atoms with van der Waals surface area (Å²) in [5.74, 6) is 0.695. The van der Waals surface area contributed by atoms with Crippen LogP contribution in [0.2, 0.25) is 0 Å². The predicted molar refractivity (Wildman–Crippen MR) is 62.6 cm³/mol. The number of ether oxygens (including phenoxy) is 1. The van der Waals surface area contributed by atoms with Gasteiger partial charge in [0, 0.05) is 6.04 Å². The van der Waals surface area contributed by atoms with Gasteiger partial charge < -0.3 is 10.1 Å². The fraction of sp³-hybridized carbons (Fsp3) is 1.00. The van der Waals surface area contributed by atoms with E-state index in [1.807, 2.05) is 0 Å². The SMILES string of the molecule is CCCNC(COC(C)C)C(C)CC. The van der Waals surface area contributed by atoms with Crippen LogP contribution in [-0.4, -0.2) is 25.3 Å². The maximum Gasteiger partial charge on any atom is 0.0625 e. The van der Waals surface area contributed by atoms with Crippen LogP contribution in [0.4, 0.5) is 0 Å². The van der Waals surface area contributed by atoms with Gasteiger partial charge in [-0.25, -0.2) is 0 Å². The minimum absolute atomic E-state index is 0.338. The van der Waals surface area contributed by atoms with Crippen molar-refractivity contribution in [3.63, 3.8) is 0 Å². The monoisotopic (exact) mass is 201 g/mol. The molecule has 0 heterocycles. The number of hydrogen-bond acceptors (Lipinski definition) is 2. The fourth-order valence-electron chi connectivity index (χ4n) is 1.33. The van der Waals surface area contributed by atoms with E-state index in [4.69, 9.17) is 4.74 Å². The molecule has 0 aliphatic rings. The summed E-state index contributed by atoms with van der Waals surface area (Å²) < 4.78 is 5.66. The van der Waals surface area contributed by atoms with Crippen molar-refractivity contribution in [2.75, 3.05) is 13.2 Å². The second-order valence-corrected chi connectivity index (χ2v) is 4.33. The van der Waals surface area contributed by atoms with Crippen LogP contribution in [0.15, 0.2) is 0 Å². The van der Waals surface area contributed by atoms with Crippen LogP contribution in [0.5, 0.6) is 0 Å². The fourth-order valence-corrected chi connectivity index (χ4v) is 1.33. The van der Waals surface area contributed by atoms with Crippen LogP contribution in [0, 0.1) is 5.92 Å². The molecule has 14 heavy (non-hydrogen) atoms. The van der Waals surface area contributed by atoms with E-state index in [0.29, 0.717) is 18.1 Å². The summed E-state index contributed by atoms with van der Waals surface area (Å²) in [5.41, 5.74) is 0. The lowest BCUT2D eigenvalue weighted by Crippen LogP contribution is -2.39. The summed E-state index contributed by atoms with van der Waals surface area (Å²) in [6.45, 7) is 12.8. The summed E-state index contributed by atoms with van der Waals surface area (Å²) in [6.07, 6.45) is 2.74. The second-order valence-electron chi connectivity index (χ2n) is 4.33. The zero-order valence-electron chi connectivity index (χ0n) is 10.5. The van der Waals surface area contributed by atoms with Crippen molar-refractivity contribution in [2.45, 2.75) is 59.6 Å². The van der Waals surface area contributed by atoms with Crippen molar-refractivity contribution in [1.82, 2.24) is 5.32 Å². The van der Waals surface area contributed by atoms with E-state index in [1.165, 1.54) is 12.8 Å². The first-order valence-electron chi connectivity index (χ1n) is 5.96. The Bertz CT molecular complexity index is 125. The van der Waals surface area contributed by atoms with Crippen LogP contribution in [-0.2, 0) is 4.74 Å². The van der Waals surface area contributed by atoms with E-state index in [9.17, 15) is 0 Å². The first-order chi connectivity index (χ1) is 6.61. The van der Waals surface area contributed by atoms with E-state index in [-0.39, 0.29) is 0 Å². The summed E-state index contributed by atoms with van der Waals surface area (Å²) in [4.78, 5) is 0. The number of hydrogen-bond donors (Lipinski definition) is 1. The molecule has 2 atom stereocenters. The van der Waals surface area contributed by atoms with Gasteiger partial charge in [-0.1, -0.05) is 27.2 Å². The van der Waals surface area contributed by atoms with E-state index in [0.717, 1.165) is 13.2 Å². The van der Waals surface area contributed by atoms with E-state index in [1.54, 1.807) is 0 Å². The molecule has 0 saturated carbocycles. The lowest BCUT2D eigenvalue weighted by molar-refractivity contribution is 0.0496. The molecule has 0 spiro atoms. The van der Waals surface area contributed by atoms with Crippen molar-refractivity contribution in [3.05, 3.63) is 0 Å². The molecule has 0 aromatic heterocycles. The molecule has 0 aromatic carbocycles. The van der Waals surface area contributed by atoms with Gasteiger partial charge in [0.1, 0.15) is 0 Å². The molecular weight excluding hydrogens is 174 g/mol. The molecule has 2 unspecified atom stereocenters. The highest BCUT2D eigenvalue weighted by Gasteiger charge is 2.15. The van der Waals surface area contributed by atoms with Gasteiger partial charge in [-0.05, 0) is 32.7 Å². The van der Waals surface area contributed by atoms with Gasteiger partial charge in [-0.3, -0.25) is 0 Å². The Morgan fingerprint density at radius 2 is 1.79 bits per heavy atom. The third-order valence-electron chi connectivity index (χ3n) is 2.60. The average molecular weight is 201 g/mol. The first-order valence-corrected chi connectivity index (χ1v) is 5.96. The smallest absolute Gasteiger partial charge is 0.0625 e. The van der Waals surface area contributed by atoms with Crippen LogP contribution in [0.25, 0.3) is 0 Å². The quantitative estimate of drug-likeness (QED) is 0.652. The average Bonchev–Trinajstić information content (AvgIpc) is 2.16. The summed E-state index contributed by atoms with van der Waals surface area (Å²) >= 11 is 0. The largest absolute Gasteiger partial charge is 0.377 e. The van der Waals surface area contributed by atoms with Crippen molar-refractivity contribution < 1.29 is 4.74 Å². The summed E-state index contributed by atoms with van der Waals surface area (Å²) in [5, 5.41) is 3.55. The zero-order valence-corrected chi connectivity index (χ0v) is 10.5. The van der Waals surface area contributed by atoms with E-state index < -0.39 is 0 Å². The molecule has 0 aliphatic heterocycles. The molecule has 0 saturated heterocycles. The third-order valence-corrected chi connectivity index (χ3v) is 2.60. The number of nitrogens with one attached hydrogen (secondary N) is 1. The standard InChI is InChI=1S/C12H27NO/c1-6-8-13-12(11(5)7-2)9-14-10(3)4/h10-13H,6-9H2,1-5H3. The zero-order chi connectivity index (χ0) is 11.0. The van der Waals surface area contributed by atoms with Gasteiger partial charge >= 0.3 is 0 Å². The van der Waals surface area contributed by atoms with Gasteiger partial charge in [0.05, 0.1) is 12.7 Å². The Hall–Kier alpha value is -0.0800. The van der Waals surface area contributed by atoms with Crippen molar-refractivity contribution >= 4 is 0 Å². The number of rotatable bonds is 8. The third kappa shape index (κ3) is 6.39. The normalized spacial score (nSPS) is 15.9. The molecule has 2 nitrogen and oxygen atoms in total. The minimum atomic E-state index is 0.338. The highest BCUT2D eigenvalue weighted by Crippen LogP contribution is 2.09. The Balaban J connectivity index is 3.84. The van der Waals surface area contributed by atoms with Gasteiger partial charge in [-0.15, -0.1) is 0 Å². The summed E-state index contributed by atoms with van der Waals surface area (Å²) in [7, 11) is 0. The molecule has 0 rings (SSSR count). The Kier molecular flexibility index (Phi) is 8.20. The van der Waals surface area contributed by atoms with Crippen LogP contribution >= 0.6 is 0 Å². The van der Waals surface area contributed by atoms with Crippen molar-refractivity contribution in [3.8, 4) is 0 Å².